The lowest BCUT2D eigenvalue weighted by Gasteiger charge is -2.02. The monoisotopic (exact) mass is 305 g/mol. The topological polar surface area (TPSA) is 67.4 Å². The largest absolute Gasteiger partial charge is 0.435 e. The Morgan fingerprint density at radius 3 is 2.84 bits per heavy atom. The molecule has 19 heavy (non-hydrogen) atoms. The van der Waals surface area contributed by atoms with E-state index in [0.29, 0.717) is 4.34 Å². The molecule has 5 nitrogen and oxygen atoms in total. The first-order valence-electron chi connectivity index (χ1n) is 4.86. The van der Waals surface area contributed by atoms with Crippen molar-refractivity contribution in [1.82, 2.24) is 20.0 Å². The summed E-state index contributed by atoms with van der Waals surface area (Å²) in [5, 5.41) is 19.4. The van der Waals surface area contributed by atoms with Gasteiger partial charge in [-0.05, 0) is 0 Å². The number of aryl methyl sites for hydroxylation is 1. The van der Waals surface area contributed by atoms with Crippen LogP contribution in [0, 0.1) is 11.3 Å². The molecule has 2 rings (SSSR count). The summed E-state index contributed by atoms with van der Waals surface area (Å²) in [4.78, 5) is 0. The van der Waals surface area contributed by atoms with E-state index in [9.17, 15) is 13.2 Å². The summed E-state index contributed by atoms with van der Waals surface area (Å²) in [5.41, 5.74) is -1.08. The fourth-order valence-corrected chi connectivity index (χ4v) is 2.85. The Morgan fingerprint density at radius 1 is 1.47 bits per heavy atom. The van der Waals surface area contributed by atoms with Gasteiger partial charge in [0.25, 0.3) is 0 Å². The van der Waals surface area contributed by atoms with Gasteiger partial charge >= 0.3 is 6.18 Å². The van der Waals surface area contributed by atoms with Crippen LogP contribution in [0.25, 0.3) is 10.6 Å². The Kier molecular flexibility index (Phi) is 3.77. The Bertz CT molecular complexity index is 625. The molecule has 0 amide bonds. The normalized spacial score (nSPS) is 11.5. The molecule has 0 unspecified atom stereocenters. The molecule has 0 fully saturated rings. The van der Waals surface area contributed by atoms with Crippen molar-refractivity contribution < 1.29 is 13.2 Å². The quantitative estimate of drug-likeness (QED) is 0.815. The van der Waals surface area contributed by atoms with Crippen LogP contribution in [0.4, 0.5) is 13.2 Å². The molecule has 0 saturated heterocycles. The highest BCUT2D eigenvalue weighted by atomic mass is 32.2. The molecule has 2 aromatic heterocycles. The lowest BCUT2D eigenvalue weighted by atomic mass is 10.2. The molecule has 0 aliphatic rings. The number of hydrogen-bond donors (Lipinski definition) is 0. The van der Waals surface area contributed by atoms with Crippen LogP contribution in [-0.4, -0.2) is 25.7 Å². The maximum absolute atomic E-state index is 12.8. The zero-order chi connectivity index (χ0) is 14.0. The van der Waals surface area contributed by atoms with Crippen molar-refractivity contribution in [2.45, 2.75) is 10.5 Å². The maximum atomic E-state index is 12.8. The summed E-state index contributed by atoms with van der Waals surface area (Å²) in [6.45, 7) is 0. The summed E-state index contributed by atoms with van der Waals surface area (Å²) in [7, 11) is 1.41. The first kappa shape index (κ1) is 13.8. The molecule has 0 aliphatic carbocycles. The zero-order valence-corrected chi connectivity index (χ0v) is 11.1. The number of thioether (sulfide) groups is 1. The second kappa shape index (κ2) is 5.18. The summed E-state index contributed by atoms with van der Waals surface area (Å²) < 4.78 is 39.9. The highest BCUT2D eigenvalue weighted by Gasteiger charge is 2.38. The van der Waals surface area contributed by atoms with E-state index in [1.165, 1.54) is 13.2 Å². The predicted octanol–water partition coefficient (Wildman–Crippen LogP) is 2.57. The van der Waals surface area contributed by atoms with Crippen molar-refractivity contribution in [1.29, 1.82) is 5.26 Å². The van der Waals surface area contributed by atoms with E-state index in [1.807, 2.05) is 6.07 Å². The number of hydrogen-bond acceptors (Lipinski definition) is 6. The van der Waals surface area contributed by atoms with Gasteiger partial charge in [-0.1, -0.05) is 23.1 Å². The molecule has 0 atom stereocenters. The van der Waals surface area contributed by atoms with Crippen molar-refractivity contribution in [2.24, 2.45) is 7.05 Å². The van der Waals surface area contributed by atoms with E-state index in [2.05, 4.69) is 15.3 Å². The van der Waals surface area contributed by atoms with Crippen LogP contribution in [0.3, 0.4) is 0 Å². The van der Waals surface area contributed by atoms with Crippen LogP contribution in [0.15, 0.2) is 10.5 Å². The van der Waals surface area contributed by atoms with Gasteiger partial charge in [0, 0.05) is 13.2 Å². The molecular weight excluding hydrogens is 299 g/mol. The summed E-state index contributed by atoms with van der Waals surface area (Å²) >= 11 is 2.14. The third-order valence-electron chi connectivity index (χ3n) is 1.99. The average Bonchev–Trinajstić information content (AvgIpc) is 2.91. The van der Waals surface area contributed by atoms with Crippen LogP contribution < -0.4 is 0 Å². The summed E-state index contributed by atoms with van der Waals surface area (Å²) in [6.07, 6.45) is -3.29. The van der Waals surface area contributed by atoms with Gasteiger partial charge in [0.05, 0.1) is 17.4 Å². The maximum Gasteiger partial charge on any atom is 0.435 e. The SMILES string of the molecule is Cn1cc(-c2nnc(SCC#N)s2)c(C(F)(F)F)n1. The second-order valence-electron chi connectivity index (χ2n) is 3.38. The van der Waals surface area contributed by atoms with Gasteiger partial charge in [0.2, 0.25) is 0 Å². The number of alkyl halides is 3. The molecule has 10 heteroatoms. The molecule has 0 spiro atoms. The van der Waals surface area contributed by atoms with Gasteiger partial charge in [0.15, 0.2) is 15.0 Å². The van der Waals surface area contributed by atoms with Crippen LogP contribution in [0.1, 0.15) is 5.69 Å². The van der Waals surface area contributed by atoms with Crippen molar-refractivity contribution in [2.75, 3.05) is 5.75 Å². The van der Waals surface area contributed by atoms with Gasteiger partial charge in [-0.2, -0.15) is 23.5 Å². The third kappa shape index (κ3) is 3.05. The molecule has 0 radical (unpaired) electrons. The van der Waals surface area contributed by atoms with E-state index in [0.717, 1.165) is 27.8 Å². The van der Waals surface area contributed by atoms with Gasteiger partial charge < -0.3 is 0 Å². The fourth-order valence-electron chi connectivity index (χ4n) is 1.33. The minimum absolute atomic E-state index is 0.101. The Labute approximate surface area is 114 Å². The van der Waals surface area contributed by atoms with Crippen LogP contribution in [0.5, 0.6) is 0 Å². The van der Waals surface area contributed by atoms with E-state index < -0.39 is 11.9 Å². The average molecular weight is 305 g/mol. The summed E-state index contributed by atoms with van der Waals surface area (Å²) in [6, 6.07) is 1.91. The minimum atomic E-state index is -4.54. The summed E-state index contributed by atoms with van der Waals surface area (Å²) in [5.74, 6) is 0.174. The first-order valence-corrected chi connectivity index (χ1v) is 6.66. The number of nitrogens with zero attached hydrogens (tertiary/aromatic N) is 5. The highest BCUT2D eigenvalue weighted by Crippen LogP contribution is 2.38. The number of aromatic nitrogens is 4. The van der Waals surface area contributed by atoms with Crippen LogP contribution in [0.2, 0.25) is 0 Å². The number of nitriles is 1. The van der Waals surface area contributed by atoms with E-state index in [4.69, 9.17) is 5.26 Å². The van der Waals surface area contributed by atoms with Crippen LogP contribution >= 0.6 is 23.1 Å². The van der Waals surface area contributed by atoms with E-state index >= 15 is 0 Å². The van der Waals surface area contributed by atoms with E-state index in [-0.39, 0.29) is 16.3 Å². The highest BCUT2D eigenvalue weighted by molar-refractivity contribution is 8.01. The molecule has 0 N–H and O–H groups in total. The van der Waals surface area contributed by atoms with Gasteiger partial charge in [-0.15, -0.1) is 10.2 Å². The smallest absolute Gasteiger partial charge is 0.274 e. The zero-order valence-electron chi connectivity index (χ0n) is 9.47. The fraction of sp³-hybridized carbons (Fsp3) is 0.333. The van der Waals surface area contributed by atoms with Crippen molar-refractivity contribution >= 4 is 23.1 Å². The molecular formula is C9H6F3N5S2. The second-order valence-corrected chi connectivity index (χ2v) is 5.58. The molecule has 2 heterocycles. The first-order chi connectivity index (χ1) is 8.91. The Balaban J connectivity index is 2.37. The lowest BCUT2D eigenvalue weighted by Crippen LogP contribution is -2.08. The van der Waals surface area contributed by atoms with Crippen molar-refractivity contribution in [3.05, 3.63) is 11.9 Å². The number of rotatable bonds is 3. The molecule has 100 valence electrons. The Hall–Kier alpha value is -1.60. The van der Waals surface area contributed by atoms with Gasteiger partial charge in [-0.25, -0.2) is 0 Å². The molecule has 0 aromatic carbocycles. The van der Waals surface area contributed by atoms with Crippen molar-refractivity contribution in [3.63, 3.8) is 0 Å². The standard InChI is InChI=1S/C9H6F3N5S2/c1-17-4-5(6(16-17)9(10,11)12)7-14-15-8(19-7)18-3-2-13/h4H,3H2,1H3. The molecule has 0 aliphatic heterocycles. The van der Waals surface area contributed by atoms with Gasteiger partial charge in [-0.3, -0.25) is 4.68 Å². The Morgan fingerprint density at radius 2 is 2.21 bits per heavy atom. The third-order valence-corrected chi connectivity index (χ3v) is 3.95. The van der Waals surface area contributed by atoms with Crippen molar-refractivity contribution in [3.8, 4) is 16.6 Å². The molecule has 0 bridgehead atoms. The molecule has 0 saturated carbocycles. The number of halogens is 3. The lowest BCUT2D eigenvalue weighted by molar-refractivity contribution is -0.140. The van der Waals surface area contributed by atoms with E-state index in [1.54, 1.807) is 0 Å². The van der Waals surface area contributed by atoms with Crippen LogP contribution in [-0.2, 0) is 13.2 Å². The van der Waals surface area contributed by atoms with Gasteiger partial charge in [0.1, 0.15) is 0 Å². The minimum Gasteiger partial charge on any atom is -0.274 e. The predicted molar refractivity (Wildman–Crippen MR) is 63.5 cm³/mol. The molecule has 2 aromatic rings.